The van der Waals surface area contributed by atoms with Gasteiger partial charge in [-0.1, -0.05) is 12.1 Å². The van der Waals surface area contributed by atoms with Crippen molar-refractivity contribution in [1.82, 2.24) is 14.8 Å². The molecule has 0 radical (unpaired) electrons. The lowest BCUT2D eigenvalue weighted by Gasteiger charge is -2.08. The van der Waals surface area contributed by atoms with E-state index in [1.807, 2.05) is 0 Å². The fourth-order valence-electron chi connectivity index (χ4n) is 1.70. The molecule has 1 aromatic heterocycles. The molecule has 1 aromatic carbocycles. The van der Waals surface area contributed by atoms with Crippen LogP contribution in [0.25, 0.3) is 11.4 Å². The first kappa shape index (κ1) is 14.9. The highest BCUT2D eigenvalue weighted by Crippen LogP contribution is 2.24. The minimum atomic E-state index is -4.08. The van der Waals surface area contributed by atoms with Crippen LogP contribution in [0.15, 0.2) is 29.4 Å². The van der Waals surface area contributed by atoms with Gasteiger partial charge in [0.05, 0.1) is 18.7 Å². The van der Waals surface area contributed by atoms with Gasteiger partial charge in [-0.3, -0.25) is 4.57 Å². The van der Waals surface area contributed by atoms with Crippen molar-refractivity contribution in [1.29, 1.82) is 0 Å². The topological polar surface area (TPSA) is 74.1 Å². The fraction of sp³-hybridized carbons (Fsp3) is 0.273. The fourth-order valence-corrected chi connectivity index (χ4v) is 2.62. The number of aromatic nitrogens is 3. The lowest BCUT2D eigenvalue weighted by Crippen LogP contribution is -2.11. The van der Waals surface area contributed by atoms with E-state index in [0.29, 0.717) is 0 Å². The van der Waals surface area contributed by atoms with Gasteiger partial charge < -0.3 is 4.74 Å². The zero-order valence-corrected chi connectivity index (χ0v) is 12.0. The first-order chi connectivity index (χ1) is 9.45. The van der Waals surface area contributed by atoms with Gasteiger partial charge in [-0.15, -0.1) is 10.2 Å². The molecule has 0 saturated heterocycles. The molecule has 0 aliphatic heterocycles. The van der Waals surface area contributed by atoms with Crippen molar-refractivity contribution in [2.45, 2.75) is 11.7 Å². The van der Waals surface area contributed by atoms with Crippen molar-refractivity contribution in [2.75, 3.05) is 13.7 Å². The second-order valence-corrected chi connectivity index (χ2v) is 6.33. The van der Waals surface area contributed by atoms with E-state index in [1.165, 1.54) is 29.9 Å². The third-order valence-corrected chi connectivity index (χ3v) is 3.72. The van der Waals surface area contributed by atoms with E-state index < -0.39 is 20.0 Å². The zero-order valence-electron chi connectivity index (χ0n) is 10.5. The smallest absolute Gasteiger partial charge is 0.296 e. The summed E-state index contributed by atoms with van der Waals surface area (Å²) in [5.74, 6) is -0.448. The van der Waals surface area contributed by atoms with Crippen LogP contribution in [0.3, 0.4) is 0 Å². The Morgan fingerprint density at radius 3 is 2.65 bits per heavy atom. The molecular weight excluding hydrogens is 309 g/mol. The number of benzene rings is 1. The maximum atomic E-state index is 13.8. The number of rotatable bonds is 5. The molecule has 0 spiro atoms. The number of ether oxygens (including phenoxy) is 1. The summed E-state index contributed by atoms with van der Waals surface area (Å²) in [5, 5.41) is 6.81. The third-order valence-electron chi connectivity index (χ3n) is 2.57. The molecule has 20 heavy (non-hydrogen) atoms. The van der Waals surface area contributed by atoms with E-state index in [9.17, 15) is 12.8 Å². The summed E-state index contributed by atoms with van der Waals surface area (Å²) in [6.07, 6.45) is 0. The van der Waals surface area contributed by atoms with E-state index in [-0.39, 0.29) is 24.5 Å². The van der Waals surface area contributed by atoms with Crippen molar-refractivity contribution in [3.05, 3.63) is 30.1 Å². The van der Waals surface area contributed by atoms with E-state index in [2.05, 4.69) is 10.2 Å². The van der Waals surface area contributed by atoms with Gasteiger partial charge in [0.25, 0.3) is 14.2 Å². The number of hydrogen-bond donors (Lipinski definition) is 0. The van der Waals surface area contributed by atoms with Gasteiger partial charge in [-0.05, 0) is 12.1 Å². The molecule has 9 heteroatoms. The molecule has 2 aromatic rings. The highest BCUT2D eigenvalue weighted by atomic mass is 35.7. The average Bonchev–Trinajstić information content (AvgIpc) is 2.80. The summed E-state index contributed by atoms with van der Waals surface area (Å²) in [6.45, 7) is 0.341. The quantitative estimate of drug-likeness (QED) is 0.784. The molecule has 0 amide bonds. The molecule has 6 nitrogen and oxygen atoms in total. The molecule has 0 saturated carbocycles. The van der Waals surface area contributed by atoms with Crippen molar-refractivity contribution >= 4 is 19.7 Å². The van der Waals surface area contributed by atoms with Crippen LogP contribution in [0.4, 0.5) is 4.39 Å². The monoisotopic (exact) mass is 319 g/mol. The summed E-state index contributed by atoms with van der Waals surface area (Å²) >= 11 is 0. The van der Waals surface area contributed by atoms with Crippen molar-refractivity contribution in [3.8, 4) is 11.4 Å². The molecule has 0 N–H and O–H groups in total. The lowest BCUT2D eigenvalue weighted by atomic mass is 10.2. The largest absolute Gasteiger partial charge is 0.383 e. The molecule has 2 rings (SSSR count). The summed E-state index contributed by atoms with van der Waals surface area (Å²) in [6, 6.07) is 5.86. The minimum Gasteiger partial charge on any atom is -0.383 e. The molecule has 1 heterocycles. The number of halogens is 2. The first-order valence-corrected chi connectivity index (χ1v) is 7.88. The minimum absolute atomic E-state index is 0.0828. The van der Waals surface area contributed by atoms with Crippen LogP contribution in [0.1, 0.15) is 0 Å². The van der Waals surface area contributed by atoms with E-state index in [1.54, 1.807) is 6.07 Å². The van der Waals surface area contributed by atoms with Gasteiger partial charge in [0.2, 0.25) is 0 Å². The summed E-state index contributed by atoms with van der Waals surface area (Å²) in [5.41, 5.74) is 0.141. The third kappa shape index (κ3) is 2.97. The Kier molecular flexibility index (Phi) is 4.36. The Balaban J connectivity index is 2.60. The van der Waals surface area contributed by atoms with Crippen LogP contribution in [0, 0.1) is 5.82 Å². The molecular formula is C11H11ClFN3O3S. The second kappa shape index (κ2) is 5.86. The Morgan fingerprint density at radius 2 is 2.05 bits per heavy atom. The molecule has 0 bridgehead atoms. The molecule has 0 fully saturated rings. The van der Waals surface area contributed by atoms with Crippen LogP contribution >= 0.6 is 10.7 Å². The Morgan fingerprint density at radius 1 is 1.35 bits per heavy atom. The normalized spacial score (nSPS) is 11.8. The average molecular weight is 320 g/mol. The predicted molar refractivity (Wildman–Crippen MR) is 70.3 cm³/mol. The van der Waals surface area contributed by atoms with Crippen molar-refractivity contribution in [3.63, 3.8) is 0 Å². The number of nitrogens with zero attached hydrogens (tertiary/aromatic N) is 3. The first-order valence-electron chi connectivity index (χ1n) is 5.57. The standard InChI is InChI=1S/C11H11ClFN3O3S/c1-19-7-6-16-10(8-4-2-3-5-9(8)13)14-15-11(16)20(12,17)18/h2-5H,6-7H2,1H3. The van der Waals surface area contributed by atoms with E-state index in [4.69, 9.17) is 15.4 Å². The number of hydrogen-bond acceptors (Lipinski definition) is 5. The van der Waals surface area contributed by atoms with Crippen LogP contribution < -0.4 is 0 Å². The summed E-state index contributed by atoms with van der Waals surface area (Å²) in [7, 11) is 2.68. The maximum absolute atomic E-state index is 13.8. The Bertz CT molecular complexity index is 717. The van der Waals surface area contributed by atoms with Gasteiger partial charge in [0.1, 0.15) is 5.82 Å². The second-order valence-electron chi connectivity index (χ2n) is 3.87. The Labute approximate surface area is 119 Å². The zero-order chi connectivity index (χ0) is 14.8. The van der Waals surface area contributed by atoms with Gasteiger partial charge in [-0.25, -0.2) is 12.8 Å². The molecule has 0 aliphatic carbocycles. The Hall–Kier alpha value is -1.51. The van der Waals surface area contributed by atoms with E-state index in [0.717, 1.165) is 0 Å². The molecule has 0 aliphatic rings. The number of methoxy groups -OCH3 is 1. The summed E-state index contributed by atoms with van der Waals surface area (Å²) in [4.78, 5) is 0. The highest BCUT2D eigenvalue weighted by Gasteiger charge is 2.24. The van der Waals surface area contributed by atoms with Crippen LogP contribution in [0.5, 0.6) is 0 Å². The molecule has 0 atom stereocenters. The summed E-state index contributed by atoms with van der Waals surface area (Å²) < 4.78 is 42.8. The highest BCUT2D eigenvalue weighted by molar-refractivity contribution is 8.13. The van der Waals surface area contributed by atoms with Crippen LogP contribution in [-0.4, -0.2) is 36.9 Å². The van der Waals surface area contributed by atoms with Crippen LogP contribution in [0.2, 0.25) is 0 Å². The van der Waals surface area contributed by atoms with Crippen molar-refractivity contribution in [2.24, 2.45) is 0 Å². The SMILES string of the molecule is COCCn1c(-c2ccccc2F)nnc1S(=O)(=O)Cl. The maximum Gasteiger partial charge on any atom is 0.296 e. The van der Waals surface area contributed by atoms with Crippen molar-refractivity contribution < 1.29 is 17.5 Å². The molecule has 0 unspecified atom stereocenters. The predicted octanol–water partition coefficient (Wildman–Crippen LogP) is 1.66. The lowest BCUT2D eigenvalue weighted by molar-refractivity contribution is 0.185. The molecule has 108 valence electrons. The van der Waals surface area contributed by atoms with Crippen LogP contribution in [-0.2, 0) is 20.3 Å². The van der Waals surface area contributed by atoms with Gasteiger partial charge in [0.15, 0.2) is 5.82 Å². The van der Waals surface area contributed by atoms with Gasteiger partial charge in [-0.2, -0.15) is 0 Å². The van der Waals surface area contributed by atoms with E-state index >= 15 is 0 Å². The van der Waals surface area contributed by atoms with Gasteiger partial charge in [0, 0.05) is 17.8 Å². The van der Waals surface area contributed by atoms with Gasteiger partial charge >= 0.3 is 0 Å².